The summed E-state index contributed by atoms with van der Waals surface area (Å²) in [6.45, 7) is 2.00. The van der Waals surface area contributed by atoms with E-state index in [1.165, 1.54) is 0 Å². The van der Waals surface area contributed by atoms with Crippen LogP contribution in [-0.2, 0) is 72.4 Å². The van der Waals surface area contributed by atoms with E-state index in [0.717, 1.165) is 123 Å². The molecule has 16 rings (SSSR count). The number of benzene rings is 8. The average molecular weight is 1850 g/mol. The number of esters is 1. The van der Waals surface area contributed by atoms with Gasteiger partial charge in [-0.3, -0.25) is 52.8 Å². The fourth-order valence-electron chi connectivity index (χ4n) is 15.5. The second-order valence-electron chi connectivity index (χ2n) is 33.8. The van der Waals surface area contributed by atoms with Crippen LogP contribution in [0.4, 0.5) is 5.69 Å². The fourth-order valence-corrected chi connectivity index (χ4v) is 15.5. The molecule has 0 spiro atoms. The molecule has 710 valence electrons. The van der Waals surface area contributed by atoms with Crippen molar-refractivity contribution in [2.45, 2.75) is 198 Å². The Bertz CT molecular complexity index is 5600. The molecule has 5 N–H and O–H groups in total. The highest BCUT2D eigenvalue weighted by Crippen LogP contribution is 2.38. The lowest BCUT2D eigenvalue weighted by atomic mass is 10.1. The van der Waals surface area contributed by atoms with Crippen LogP contribution in [-0.4, -0.2) is 188 Å². The van der Waals surface area contributed by atoms with Crippen LogP contribution in [0.5, 0.6) is 28.7 Å². The molecule has 28 heteroatoms. The van der Waals surface area contributed by atoms with Crippen molar-refractivity contribution < 1.29 is 111 Å². The van der Waals surface area contributed by atoms with Crippen molar-refractivity contribution >= 4 is 65.1 Å². The van der Waals surface area contributed by atoms with Gasteiger partial charge >= 0.3 is 29.8 Å². The van der Waals surface area contributed by atoms with Gasteiger partial charge in [0, 0.05) is 141 Å². The SMILES string of the molecule is [2H]C(c1ccc(-c2ccco2)cc1)N(C(=O)c1ccccc1OCCCCCC(=O)O)C1CC1.[2H]C(c1ccc(-c2ccco2)cc1)N(CCN1CCOCC1)C(=O)c1ccccc1OCCCCCC(=O)O.[2H]C(c1ccccc1OCCCCCC(=O)O)N(C(=O)c1ccc2c(c1)CC(=O)N2)C1CC1.[2H]C(c1ccccc1OCCCCCC(=O)O)N(C(=O)c1ccc2c(c1)CC(=O)O2)C1CC1. The molecule has 4 fully saturated rings. The number of rotatable bonds is 48. The highest BCUT2D eigenvalue weighted by Gasteiger charge is 2.38. The number of carbonyl (C=O) groups is 10. The monoisotopic (exact) mass is 1840 g/mol. The second-order valence-corrected chi connectivity index (χ2v) is 33.8. The minimum atomic E-state index is -0.931. The van der Waals surface area contributed by atoms with Gasteiger partial charge in [0.05, 0.1) is 81.6 Å². The van der Waals surface area contributed by atoms with Gasteiger partial charge in [-0.25, -0.2) is 0 Å². The molecule has 4 atom stereocenters. The largest absolute Gasteiger partial charge is 0.493 e. The zero-order valence-electron chi connectivity index (χ0n) is 79.7. The number of morpholine rings is 1. The molecule has 3 aliphatic carbocycles. The van der Waals surface area contributed by atoms with E-state index < -0.39 is 50.0 Å². The van der Waals surface area contributed by atoms with Gasteiger partial charge in [-0.05, 0) is 229 Å². The number of carbonyl (C=O) groups excluding carboxylic acids is 6. The summed E-state index contributed by atoms with van der Waals surface area (Å²) in [5, 5.41) is 37.8. The van der Waals surface area contributed by atoms with Gasteiger partial charge in [0.2, 0.25) is 5.91 Å². The Morgan fingerprint density at radius 3 is 1.26 bits per heavy atom. The maximum Gasteiger partial charge on any atom is 0.315 e. The third-order valence-electron chi connectivity index (χ3n) is 23.2. The van der Waals surface area contributed by atoms with E-state index in [1.807, 2.05) is 115 Å². The van der Waals surface area contributed by atoms with Crippen LogP contribution in [0, 0.1) is 0 Å². The van der Waals surface area contributed by atoms with Gasteiger partial charge in [0.15, 0.2) is 0 Å². The maximum atomic E-state index is 13.9. The zero-order chi connectivity index (χ0) is 98.1. The molecule has 2 aromatic heterocycles. The number of nitrogens with one attached hydrogen (secondary N) is 1. The molecule has 0 bridgehead atoms. The molecule has 10 aromatic rings. The number of hydrogen-bond acceptors (Lipinski definition) is 19. The minimum Gasteiger partial charge on any atom is -0.493 e. The predicted molar refractivity (Wildman–Crippen MR) is 506 cm³/mol. The first kappa shape index (κ1) is 93.0. The number of anilines is 1. The number of amides is 5. The Hall–Kier alpha value is -13.9. The number of unbranched alkanes of at least 4 members (excludes halogenated alkanes) is 8. The molecule has 8 aromatic carbocycles. The van der Waals surface area contributed by atoms with Crippen molar-refractivity contribution in [3.8, 4) is 51.4 Å². The lowest BCUT2D eigenvalue weighted by Crippen LogP contribution is -2.43. The van der Waals surface area contributed by atoms with Crippen LogP contribution >= 0.6 is 0 Å². The number of hydrogen-bond donors (Lipinski definition) is 5. The van der Waals surface area contributed by atoms with Gasteiger partial charge in [0.1, 0.15) is 40.3 Å². The summed E-state index contributed by atoms with van der Waals surface area (Å²) in [7, 11) is 0. The van der Waals surface area contributed by atoms with Crippen LogP contribution in [0.2, 0.25) is 0 Å². The van der Waals surface area contributed by atoms with Crippen LogP contribution < -0.4 is 29.0 Å². The van der Waals surface area contributed by atoms with Crippen molar-refractivity contribution in [2.24, 2.45) is 0 Å². The van der Waals surface area contributed by atoms with Crippen LogP contribution in [0.15, 0.2) is 228 Å². The van der Waals surface area contributed by atoms with Gasteiger partial charge in [-0.15, -0.1) is 0 Å². The van der Waals surface area contributed by atoms with Crippen LogP contribution in [0.3, 0.4) is 0 Å². The molecule has 135 heavy (non-hydrogen) atoms. The molecule has 5 amide bonds. The van der Waals surface area contributed by atoms with Crippen molar-refractivity contribution in [1.29, 1.82) is 0 Å². The Labute approximate surface area is 792 Å². The second kappa shape index (κ2) is 50.8. The van der Waals surface area contributed by atoms with E-state index in [1.54, 1.807) is 123 Å². The number of aliphatic carboxylic acids is 4. The molecular formula is C107H120N6O22. The first-order valence-electron chi connectivity index (χ1n) is 48.8. The smallest absolute Gasteiger partial charge is 0.315 e. The molecule has 0 radical (unpaired) electrons. The molecule has 4 unspecified atom stereocenters. The summed E-state index contributed by atoms with van der Waals surface area (Å²) in [5.74, 6) is -0.461. The molecule has 3 saturated carbocycles. The third kappa shape index (κ3) is 31.1. The Morgan fingerprint density at radius 2 is 0.815 bits per heavy atom. The Kier molecular flexibility index (Phi) is 35.0. The molecule has 5 heterocycles. The van der Waals surface area contributed by atoms with Crippen molar-refractivity contribution in [3.63, 3.8) is 0 Å². The first-order chi connectivity index (χ1) is 67.4. The number of furan rings is 2. The number of nitrogens with zero attached hydrogens (tertiary/aromatic N) is 5. The number of carboxylic acids is 4. The highest BCUT2D eigenvalue weighted by molar-refractivity contribution is 6.02. The minimum absolute atomic E-state index is 0.00443. The van der Waals surface area contributed by atoms with Gasteiger partial charge in [0.25, 0.3) is 23.6 Å². The van der Waals surface area contributed by atoms with Crippen LogP contribution in [0.25, 0.3) is 22.6 Å². The Morgan fingerprint density at radius 1 is 0.407 bits per heavy atom. The third-order valence-corrected chi connectivity index (χ3v) is 23.2. The molecule has 6 aliphatic rings. The summed E-state index contributed by atoms with van der Waals surface area (Å²) < 4.78 is 81.0. The molecule has 1 saturated heterocycles. The standard InChI is InChI=1S/C30H36N2O6.C27H29NO5.C25H28N2O5.C25H27NO6/c33-29(34)10-2-1-5-19-38-28-8-4-3-7-26(28)30(35)32(16-15-31-17-21-36-22-18-31)23-24-11-13-25(14-12-24)27-9-6-20-37-27;29-26(30)10-2-1-5-17-33-25-8-4-3-7-23(25)27(31)28(22-15-16-22)19-20-11-13-21(14-12-20)24-9-6-18-32-24;28-23-15-19-14-17(9-12-21(19)26-23)25(31)27(20-10-11-20)16-18-6-3-4-7-22(18)32-13-5-1-2-8-24(29)30;27-23(28)8-2-1-5-13-31-21-7-4-3-6-18(21)16-26(20-10-11-20)25(30)17-9-12-22-19(14-17)15-24(29)32-22/h3-4,6-9,11-14,20H,1-2,5,10,15-19,21-23H2,(H,33,34);3-4,6-9,11-14,18,22H,1-2,5,10,15-17,19H2,(H,29,30);3-4,6-7,9,12,14,20H,1-2,5,8,10-11,13,15-16H2,(H,26,28)(H,29,30);3-4,6-7,9,12,14,20H,1-2,5,8,10-11,13,15-16H2,(H,27,28)/i23D;19D;2*16D. The summed E-state index contributed by atoms with van der Waals surface area (Å²) in [6, 6.07) is 61.5. The van der Waals surface area contributed by atoms with Gasteiger partial charge in [-0.2, -0.15) is 0 Å². The van der Waals surface area contributed by atoms with Crippen LogP contribution in [0.1, 0.15) is 222 Å². The number of fused-ring (bicyclic) bond motifs is 2. The normalized spacial score (nSPS) is 15.3. The van der Waals surface area contributed by atoms with Gasteiger partial charge in [-0.1, -0.05) is 109 Å². The Balaban J connectivity index is 0.000000157. The quantitative estimate of drug-likeness (QED) is 0.0134. The summed E-state index contributed by atoms with van der Waals surface area (Å²) in [5.41, 5.74) is 8.52. The fraction of sp³-hybridized carbons (Fsp3) is 0.383. The molecule has 3 aliphatic heterocycles. The maximum absolute atomic E-state index is 13.9. The average Bonchev–Trinajstić information content (AvgIpc) is 1.61. The van der Waals surface area contributed by atoms with E-state index in [9.17, 15) is 47.9 Å². The van der Waals surface area contributed by atoms with E-state index in [0.29, 0.717) is 171 Å². The number of para-hydroxylation sites is 4. The van der Waals surface area contributed by atoms with E-state index in [4.69, 9.17) is 63.2 Å². The lowest BCUT2D eigenvalue weighted by Gasteiger charge is -2.30. The zero-order valence-corrected chi connectivity index (χ0v) is 75.7. The molecular weight excluding hydrogens is 1720 g/mol. The topological polar surface area (TPSA) is 362 Å². The number of ether oxygens (including phenoxy) is 6. The van der Waals surface area contributed by atoms with Crippen molar-refractivity contribution in [3.05, 3.63) is 274 Å². The lowest BCUT2D eigenvalue weighted by molar-refractivity contribution is -0.138. The number of carboxylic acid groups (broad SMARTS) is 4. The molecule has 28 nitrogen and oxygen atoms in total. The van der Waals surface area contributed by atoms with E-state index in [-0.39, 0.29) is 92.2 Å². The van der Waals surface area contributed by atoms with E-state index in [2.05, 4.69) is 10.2 Å². The van der Waals surface area contributed by atoms with Crippen molar-refractivity contribution in [2.75, 3.05) is 71.1 Å². The van der Waals surface area contributed by atoms with Gasteiger partial charge < -0.3 is 82.6 Å². The summed E-state index contributed by atoms with van der Waals surface area (Å²) in [4.78, 5) is 129. The van der Waals surface area contributed by atoms with E-state index >= 15 is 0 Å². The van der Waals surface area contributed by atoms with Crippen molar-refractivity contribution in [1.82, 2.24) is 24.5 Å². The first-order valence-corrected chi connectivity index (χ1v) is 46.5. The summed E-state index contributed by atoms with van der Waals surface area (Å²) in [6.07, 6.45) is 17.6. The summed E-state index contributed by atoms with van der Waals surface area (Å²) >= 11 is 0. The predicted octanol–water partition coefficient (Wildman–Crippen LogP) is 18.7. The highest BCUT2D eigenvalue weighted by atomic mass is 16.5.